The molecular formula is C15H20FN3. The molecule has 1 aromatic carbocycles. The van der Waals surface area contributed by atoms with Crippen molar-refractivity contribution in [3.63, 3.8) is 0 Å². The van der Waals surface area contributed by atoms with Crippen LogP contribution in [-0.4, -0.2) is 16.5 Å². The van der Waals surface area contributed by atoms with Crippen molar-refractivity contribution in [1.29, 1.82) is 0 Å². The van der Waals surface area contributed by atoms with E-state index in [1.165, 1.54) is 0 Å². The van der Waals surface area contributed by atoms with Crippen LogP contribution in [0.5, 0.6) is 0 Å². The van der Waals surface area contributed by atoms with Crippen LogP contribution in [0, 0.1) is 12.7 Å². The van der Waals surface area contributed by atoms with E-state index in [4.69, 9.17) is 0 Å². The number of H-pyrrole nitrogens is 1. The summed E-state index contributed by atoms with van der Waals surface area (Å²) < 4.78 is 13.5. The van der Waals surface area contributed by atoms with Crippen molar-refractivity contribution in [3.05, 3.63) is 53.4 Å². The van der Waals surface area contributed by atoms with Crippen LogP contribution in [0.2, 0.25) is 0 Å². The Hall–Kier alpha value is -1.68. The lowest BCUT2D eigenvalue weighted by Crippen LogP contribution is -2.24. The Morgan fingerprint density at radius 1 is 1.37 bits per heavy atom. The van der Waals surface area contributed by atoms with Crippen molar-refractivity contribution >= 4 is 0 Å². The summed E-state index contributed by atoms with van der Waals surface area (Å²) in [5.41, 5.74) is 1.92. The molecule has 2 N–H and O–H groups in total. The molecule has 1 aromatic heterocycles. The normalized spacial score (nSPS) is 12.6. The van der Waals surface area contributed by atoms with Gasteiger partial charge < -0.3 is 10.3 Å². The molecule has 0 fully saturated rings. The lowest BCUT2D eigenvalue weighted by atomic mass is 10.0. The maximum absolute atomic E-state index is 13.5. The fourth-order valence-corrected chi connectivity index (χ4v) is 2.20. The van der Waals surface area contributed by atoms with Gasteiger partial charge in [-0.25, -0.2) is 9.37 Å². The summed E-state index contributed by atoms with van der Waals surface area (Å²) in [6, 6.07) is 5.26. The predicted octanol–water partition coefficient (Wildman–Crippen LogP) is 3.14. The third kappa shape index (κ3) is 3.89. The molecule has 0 bridgehead atoms. The van der Waals surface area contributed by atoms with E-state index in [9.17, 15) is 4.39 Å². The van der Waals surface area contributed by atoms with Gasteiger partial charge in [-0.05, 0) is 43.1 Å². The lowest BCUT2D eigenvalue weighted by Gasteiger charge is -2.18. The van der Waals surface area contributed by atoms with E-state index in [1.807, 2.05) is 19.2 Å². The Kier molecular flexibility index (Phi) is 4.68. The minimum absolute atomic E-state index is 0.0838. The van der Waals surface area contributed by atoms with E-state index in [0.717, 1.165) is 36.3 Å². The number of aryl methyl sites for hydroxylation is 1. The molecule has 3 nitrogen and oxygen atoms in total. The molecule has 0 saturated heterocycles. The smallest absolute Gasteiger partial charge is 0.123 e. The van der Waals surface area contributed by atoms with Crippen molar-refractivity contribution in [2.45, 2.75) is 32.7 Å². The third-order valence-electron chi connectivity index (χ3n) is 3.06. The molecule has 0 aliphatic rings. The number of hydrogen-bond donors (Lipinski definition) is 2. The highest BCUT2D eigenvalue weighted by Crippen LogP contribution is 2.19. The van der Waals surface area contributed by atoms with Crippen LogP contribution in [0.4, 0.5) is 4.39 Å². The maximum Gasteiger partial charge on any atom is 0.123 e. The van der Waals surface area contributed by atoms with Crippen LogP contribution < -0.4 is 5.32 Å². The lowest BCUT2D eigenvalue weighted by molar-refractivity contribution is 0.515. The zero-order valence-electron chi connectivity index (χ0n) is 11.4. The van der Waals surface area contributed by atoms with Crippen LogP contribution in [0.1, 0.15) is 36.3 Å². The molecule has 0 spiro atoms. The van der Waals surface area contributed by atoms with Crippen molar-refractivity contribution < 1.29 is 4.39 Å². The number of aromatic nitrogens is 2. The number of benzene rings is 1. The second-order valence-electron chi connectivity index (χ2n) is 4.81. The molecular weight excluding hydrogens is 241 g/mol. The number of imidazole rings is 1. The molecule has 1 unspecified atom stereocenters. The van der Waals surface area contributed by atoms with E-state index in [0.29, 0.717) is 0 Å². The van der Waals surface area contributed by atoms with Crippen LogP contribution in [0.3, 0.4) is 0 Å². The van der Waals surface area contributed by atoms with E-state index < -0.39 is 0 Å². The summed E-state index contributed by atoms with van der Waals surface area (Å²) in [6.45, 7) is 4.94. The SMILES string of the molecule is CCCNC(Cc1ncc[nH]1)c1cc(C)cc(F)c1. The zero-order chi connectivity index (χ0) is 13.7. The molecule has 1 heterocycles. The Morgan fingerprint density at radius 2 is 2.21 bits per heavy atom. The summed E-state index contributed by atoms with van der Waals surface area (Å²) in [5.74, 6) is 0.730. The van der Waals surface area contributed by atoms with E-state index in [1.54, 1.807) is 18.3 Å². The first kappa shape index (κ1) is 13.7. The highest BCUT2D eigenvalue weighted by molar-refractivity contribution is 5.27. The first-order valence-corrected chi connectivity index (χ1v) is 6.67. The van der Waals surface area contributed by atoms with Crippen LogP contribution in [0.25, 0.3) is 0 Å². The van der Waals surface area contributed by atoms with Crippen LogP contribution in [-0.2, 0) is 6.42 Å². The van der Waals surface area contributed by atoms with Gasteiger partial charge >= 0.3 is 0 Å². The monoisotopic (exact) mass is 261 g/mol. The fraction of sp³-hybridized carbons (Fsp3) is 0.400. The number of halogens is 1. The second kappa shape index (κ2) is 6.48. The van der Waals surface area contributed by atoms with E-state index >= 15 is 0 Å². The van der Waals surface area contributed by atoms with Gasteiger partial charge in [0.25, 0.3) is 0 Å². The van der Waals surface area contributed by atoms with Gasteiger partial charge in [-0.2, -0.15) is 0 Å². The number of nitrogens with zero attached hydrogens (tertiary/aromatic N) is 1. The molecule has 102 valence electrons. The summed E-state index contributed by atoms with van der Waals surface area (Å²) >= 11 is 0. The third-order valence-corrected chi connectivity index (χ3v) is 3.06. The molecule has 0 amide bonds. The minimum atomic E-state index is -0.183. The molecule has 1 atom stereocenters. The molecule has 2 rings (SSSR count). The van der Waals surface area contributed by atoms with Gasteiger partial charge in [0, 0.05) is 24.9 Å². The van der Waals surface area contributed by atoms with Crippen molar-refractivity contribution in [2.75, 3.05) is 6.54 Å². The highest BCUT2D eigenvalue weighted by atomic mass is 19.1. The Morgan fingerprint density at radius 3 is 2.84 bits per heavy atom. The van der Waals surface area contributed by atoms with Gasteiger partial charge in [-0.15, -0.1) is 0 Å². The topological polar surface area (TPSA) is 40.7 Å². The zero-order valence-corrected chi connectivity index (χ0v) is 11.4. The minimum Gasteiger partial charge on any atom is -0.349 e. The van der Waals surface area contributed by atoms with Crippen molar-refractivity contribution in [3.8, 4) is 0 Å². The van der Waals surface area contributed by atoms with Gasteiger partial charge in [0.05, 0.1) is 0 Å². The summed E-state index contributed by atoms with van der Waals surface area (Å²) in [7, 11) is 0. The molecule has 0 aliphatic carbocycles. The molecule has 19 heavy (non-hydrogen) atoms. The summed E-state index contributed by atoms with van der Waals surface area (Å²) in [5, 5.41) is 3.45. The van der Waals surface area contributed by atoms with E-state index in [2.05, 4.69) is 22.2 Å². The van der Waals surface area contributed by atoms with Crippen molar-refractivity contribution in [2.24, 2.45) is 0 Å². The molecule has 0 aliphatic heterocycles. The number of aromatic amines is 1. The number of nitrogens with one attached hydrogen (secondary N) is 2. The maximum atomic E-state index is 13.5. The Bertz CT molecular complexity index is 488. The summed E-state index contributed by atoms with van der Waals surface area (Å²) in [4.78, 5) is 7.34. The largest absolute Gasteiger partial charge is 0.349 e. The first-order valence-electron chi connectivity index (χ1n) is 6.67. The number of hydrogen-bond acceptors (Lipinski definition) is 2. The van der Waals surface area contributed by atoms with Gasteiger partial charge in [0.2, 0.25) is 0 Å². The Balaban J connectivity index is 2.20. The van der Waals surface area contributed by atoms with Gasteiger partial charge in [-0.1, -0.05) is 13.0 Å². The second-order valence-corrected chi connectivity index (χ2v) is 4.81. The highest BCUT2D eigenvalue weighted by Gasteiger charge is 2.14. The van der Waals surface area contributed by atoms with E-state index in [-0.39, 0.29) is 11.9 Å². The Labute approximate surface area is 113 Å². The fourth-order valence-electron chi connectivity index (χ4n) is 2.20. The van der Waals surface area contributed by atoms with Gasteiger partial charge in [0.15, 0.2) is 0 Å². The number of rotatable bonds is 6. The standard InChI is InChI=1S/C15H20FN3/c1-3-4-17-14(10-15-18-5-6-19-15)12-7-11(2)8-13(16)9-12/h5-9,14,17H,3-4,10H2,1-2H3,(H,18,19). The molecule has 2 aromatic rings. The van der Waals surface area contributed by atoms with Gasteiger partial charge in [0.1, 0.15) is 11.6 Å². The predicted molar refractivity (Wildman–Crippen MR) is 74.5 cm³/mol. The molecule has 0 saturated carbocycles. The van der Waals surface area contributed by atoms with Crippen LogP contribution in [0.15, 0.2) is 30.6 Å². The van der Waals surface area contributed by atoms with Crippen LogP contribution >= 0.6 is 0 Å². The van der Waals surface area contributed by atoms with Gasteiger partial charge in [-0.3, -0.25) is 0 Å². The van der Waals surface area contributed by atoms with Crippen molar-refractivity contribution in [1.82, 2.24) is 15.3 Å². The molecule has 0 radical (unpaired) electrons. The first-order chi connectivity index (χ1) is 9.19. The summed E-state index contributed by atoms with van der Waals surface area (Å²) in [6.07, 6.45) is 5.32. The average molecular weight is 261 g/mol. The quantitative estimate of drug-likeness (QED) is 0.838. The average Bonchev–Trinajstić information content (AvgIpc) is 2.86. The molecule has 4 heteroatoms.